The molecule has 39 heavy (non-hydrogen) atoms. The van der Waals surface area contributed by atoms with E-state index in [1.165, 1.54) is 14.2 Å². The van der Waals surface area contributed by atoms with Gasteiger partial charge in [0, 0.05) is 49.3 Å². The summed E-state index contributed by atoms with van der Waals surface area (Å²) in [7, 11) is -0.695. The van der Waals surface area contributed by atoms with E-state index in [9.17, 15) is 19.6 Å². The molecule has 2 atom stereocenters. The molecule has 8 nitrogen and oxygen atoms in total. The Hall–Kier alpha value is -2.97. The number of nitrogens with one attached hydrogen (secondary N) is 1. The number of fused-ring (bicyclic) bond motifs is 1. The topological polar surface area (TPSA) is 110 Å². The number of aromatic nitrogens is 1. The molecule has 4 aromatic rings. The molecule has 3 N–H and O–H groups in total. The van der Waals surface area contributed by atoms with Crippen molar-refractivity contribution in [2.45, 2.75) is 32.0 Å². The molecule has 0 fully saturated rings. The Morgan fingerprint density at radius 1 is 1.03 bits per heavy atom. The molecular weight excluding hydrogens is 539 g/mol. The van der Waals surface area contributed by atoms with Crippen molar-refractivity contribution in [1.29, 1.82) is 0 Å². The second-order valence-corrected chi connectivity index (χ2v) is 12.1. The number of carboxylic acids is 1. The van der Waals surface area contributed by atoms with Gasteiger partial charge >= 0.3 is 13.6 Å². The van der Waals surface area contributed by atoms with Gasteiger partial charge in [-0.1, -0.05) is 41.9 Å². The van der Waals surface area contributed by atoms with Crippen LogP contribution in [-0.4, -0.2) is 47.6 Å². The maximum Gasteiger partial charge on any atom is 0.360 e. The fourth-order valence-corrected chi connectivity index (χ4v) is 5.90. The Bertz CT molecular complexity index is 1500. The molecule has 0 aliphatic rings. The van der Waals surface area contributed by atoms with Crippen LogP contribution < -0.4 is 10.6 Å². The van der Waals surface area contributed by atoms with Gasteiger partial charge in [-0.05, 0) is 72.5 Å². The van der Waals surface area contributed by atoms with Gasteiger partial charge in [0.25, 0.3) is 0 Å². The van der Waals surface area contributed by atoms with Crippen LogP contribution >= 0.6 is 19.2 Å². The van der Waals surface area contributed by atoms with Gasteiger partial charge in [0.05, 0.1) is 11.4 Å². The number of nitrogens with zero attached hydrogens (tertiary/aromatic N) is 1. The molecule has 3 aromatic carbocycles. The van der Waals surface area contributed by atoms with Gasteiger partial charge < -0.3 is 29.1 Å². The number of aliphatic hydroxyl groups is 1. The van der Waals surface area contributed by atoms with Crippen LogP contribution in [0, 0.1) is 0 Å². The highest BCUT2D eigenvalue weighted by molar-refractivity contribution is 7.62. The van der Waals surface area contributed by atoms with Crippen molar-refractivity contribution in [1.82, 2.24) is 9.88 Å². The third-order valence-electron chi connectivity index (χ3n) is 6.69. The summed E-state index contributed by atoms with van der Waals surface area (Å²) in [6.45, 7) is 2.75. The number of aliphatic hydroxyl groups excluding tert-OH is 1. The van der Waals surface area contributed by atoms with Gasteiger partial charge in [0.1, 0.15) is 5.69 Å². The van der Waals surface area contributed by atoms with Crippen LogP contribution in [0.15, 0.2) is 72.8 Å². The fourth-order valence-electron chi connectivity index (χ4n) is 4.62. The van der Waals surface area contributed by atoms with Gasteiger partial charge in [-0.15, -0.1) is 0 Å². The van der Waals surface area contributed by atoms with Crippen molar-refractivity contribution in [2.24, 2.45) is 0 Å². The lowest BCUT2D eigenvalue weighted by molar-refractivity contribution is 0.0686. The van der Waals surface area contributed by atoms with Gasteiger partial charge in [0.15, 0.2) is 0 Å². The van der Waals surface area contributed by atoms with Crippen LogP contribution in [0.4, 0.5) is 0 Å². The van der Waals surface area contributed by atoms with Crippen LogP contribution in [0.25, 0.3) is 10.9 Å². The number of benzene rings is 3. The second kappa shape index (κ2) is 12.5. The van der Waals surface area contributed by atoms with E-state index in [1.807, 2.05) is 37.3 Å². The number of aromatic carboxylic acids is 1. The Kier molecular flexibility index (Phi) is 9.28. The highest BCUT2D eigenvalue weighted by Gasteiger charge is 2.24. The molecule has 0 bridgehead atoms. The number of rotatable bonds is 12. The zero-order valence-corrected chi connectivity index (χ0v) is 23.7. The first-order valence-electron chi connectivity index (χ1n) is 12.5. The molecule has 0 aliphatic carbocycles. The summed E-state index contributed by atoms with van der Waals surface area (Å²) in [6.07, 6.45) is 0.0255. The summed E-state index contributed by atoms with van der Waals surface area (Å²) in [5.74, 6) is -1.02. The van der Waals surface area contributed by atoms with Crippen LogP contribution in [-0.2, 0) is 26.6 Å². The summed E-state index contributed by atoms with van der Waals surface area (Å²) < 4.78 is 24.5. The maximum atomic E-state index is 12.6. The van der Waals surface area contributed by atoms with Gasteiger partial charge in [-0.3, -0.25) is 4.57 Å². The number of hydrogen-bond donors (Lipinski definition) is 3. The highest BCUT2D eigenvalue weighted by atomic mass is 35.5. The molecule has 0 saturated carbocycles. The van der Waals surface area contributed by atoms with Crippen molar-refractivity contribution >= 4 is 41.4 Å². The lowest BCUT2D eigenvalue weighted by Crippen LogP contribution is -2.32. The minimum atomic E-state index is -3.36. The average molecular weight is 571 g/mol. The standard InChI is InChI=1S/C29H32ClN2O6P/c1-19(31-17-28(33)22-5-4-6-24(30)15-22)13-21-9-12-26-23(14-21)16-27(29(34)35)32(26)18-20-7-10-25(11-8-20)39(36,37-2)38-3/h4-12,14-16,19,28,31,33H,13,17-18H2,1-3H3,(H,34,35). The van der Waals surface area contributed by atoms with Crippen LogP contribution in [0.1, 0.15) is 40.2 Å². The Morgan fingerprint density at radius 3 is 2.36 bits per heavy atom. The molecule has 1 aromatic heterocycles. The average Bonchev–Trinajstić information content (AvgIpc) is 3.29. The molecule has 0 spiro atoms. The largest absolute Gasteiger partial charge is 0.477 e. The second-order valence-electron chi connectivity index (χ2n) is 9.43. The minimum absolute atomic E-state index is 0.0750. The molecule has 0 aliphatic heterocycles. The summed E-state index contributed by atoms with van der Waals surface area (Å²) in [5.41, 5.74) is 3.64. The lowest BCUT2D eigenvalue weighted by atomic mass is 10.0. The quantitative estimate of drug-likeness (QED) is 0.195. The van der Waals surface area contributed by atoms with Crippen LogP contribution in [0.5, 0.6) is 0 Å². The summed E-state index contributed by atoms with van der Waals surface area (Å²) in [6, 6.07) is 21.8. The zero-order chi connectivity index (χ0) is 28.2. The monoisotopic (exact) mass is 570 g/mol. The van der Waals surface area contributed by atoms with Crippen molar-refractivity contribution in [3.05, 3.63) is 100 Å². The van der Waals surface area contributed by atoms with E-state index < -0.39 is 19.7 Å². The van der Waals surface area contributed by atoms with Gasteiger partial charge in [-0.2, -0.15) is 0 Å². The Balaban J connectivity index is 1.48. The smallest absolute Gasteiger partial charge is 0.360 e. The number of halogens is 1. The number of carboxylic acid groups (broad SMARTS) is 1. The summed E-state index contributed by atoms with van der Waals surface area (Å²) in [4.78, 5) is 12.1. The Morgan fingerprint density at radius 2 is 1.72 bits per heavy atom. The molecule has 4 rings (SSSR count). The molecule has 206 valence electrons. The molecule has 1 heterocycles. The van der Waals surface area contributed by atoms with E-state index in [0.29, 0.717) is 29.8 Å². The molecule has 10 heteroatoms. The SMILES string of the molecule is COP(=O)(OC)c1ccc(Cn2c(C(=O)O)cc3cc(CC(C)NCC(O)c4cccc(Cl)c4)ccc32)cc1. The third kappa shape index (κ3) is 6.79. The first-order valence-corrected chi connectivity index (χ1v) is 14.4. The van der Waals surface area contributed by atoms with Crippen molar-refractivity contribution in [3.8, 4) is 0 Å². The van der Waals surface area contributed by atoms with Crippen molar-refractivity contribution < 1.29 is 28.6 Å². The first kappa shape index (κ1) is 29.0. The zero-order valence-electron chi connectivity index (χ0n) is 22.0. The molecule has 0 radical (unpaired) electrons. The van der Waals surface area contributed by atoms with Gasteiger partial charge in [-0.25, -0.2) is 4.79 Å². The van der Waals surface area contributed by atoms with E-state index in [-0.39, 0.29) is 11.7 Å². The van der Waals surface area contributed by atoms with E-state index in [2.05, 4.69) is 5.32 Å². The van der Waals surface area contributed by atoms with E-state index in [1.54, 1.807) is 47.0 Å². The maximum absolute atomic E-state index is 12.6. The van der Waals surface area contributed by atoms with E-state index in [4.69, 9.17) is 20.6 Å². The van der Waals surface area contributed by atoms with Crippen LogP contribution in [0.3, 0.4) is 0 Å². The van der Waals surface area contributed by atoms with Crippen molar-refractivity contribution in [2.75, 3.05) is 20.8 Å². The molecule has 0 amide bonds. The minimum Gasteiger partial charge on any atom is -0.477 e. The normalized spacial score (nSPS) is 13.5. The lowest BCUT2D eigenvalue weighted by Gasteiger charge is -2.18. The van der Waals surface area contributed by atoms with Crippen LogP contribution in [0.2, 0.25) is 5.02 Å². The molecular formula is C29H32ClN2O6P. The fraction of sp³-hybridized carbons (Fsp3) is 0.276. The first-order chi connectivity index (χ1) is 18.6. The van der Waals surface area contributed by atoms with Gasteiger partial charge in [0.2, 0.25) is 0 Å². The van der Waals surface area contributed by atoms with Crippen molar-refractivity contribution in [3.63, 3.8) is 0 Å². The third-order valence-corrected chi connectivity index (χ3v) is 8.82. The molecule has 0 saturated heterocycles. The predicted molar refractivity (Wildman–Crippen MR) is 153 cm³/mol. The predicted octanol–water partition coefficient (Wildman–Crippen LogP) is 5.41. The number of hydrogen-bond acceptors (Lipinski definition) is 6. The van der Waals surface area contributed by atoms with E-state index in [0.717, 1.165) is 27.6 Å². The highest BCUT2D eigenvalue weighted by Crippen LogP contribution is 2.44. The summed E-state index contributed by atoms with van der Waals surface area (Å²) >= 11 is 6.03. The molecule has 2 unspecified atom stereocenters. The Labute approximate surface area is 232 Å². The van der Waals surface area contributed by atoms with E-state index >= 15 is 0 Å². The number of carbonyl (C=O) groups is 1. The summed E-state index contributed by atoms with van der Waals surface area (Å²) in [5, 5.41) is 25.6.